The Kier molecular flexibility index (Phi) is 3.58. The number of fused-ring (bicyclic) bond motifs is 1. The standard InChI is InChI=1S/C19H19N3O/c23-19(17-7-4-10-22-14-20-13-18(17)22)21-11-8-16(9-12-21)15-5-2-1-3-6-15/h1-7,10,13-14,16H,8-9,11-12H2. The maximum Gasteiger partial charge on any atom is 0.256 e. The lowest BCUT2D eigenvalue weighted by Gasteiger charge is -2.32. The van der Waals surface area contributed by atoms with Crippen LogP contribution in [-0.4, -0.2) is 33.3 Å². The molecule has 1 amide bonds. The van der Waals surface area contributed by atoms with Crippen molar-refractivity contribution in [1.29, 1.82) is 0 Å². The van der Waals surface area contributed by atoms with E-state index in [1.807, 2.05) is 33.7 Å². The monoisotopic (exact) mass is 305 g/mol. The summed E-state index contributed by atoms with van der Waals surface area (Å²) in [5.74, 6) is 0.675. The molecule has 4 rings (SSSR count). The average Bonchev–Trinajstić information content (AvgIpc) is 3.11. The van der Waals surface area contributed by atoms with Gasteiger partial charge in [-0.3, -0.25) is 4.79 Å². The van der Waals surface area contributed by atoms with Crippen molar-refractivity contribution < 1.29 is 4.79 Å². The molecule has 0 N–H and O–H groups in total. The third kappa shape index (κ3) is 2.61. The van der Waals surface area contributed by atoms with Crippen LogP contribution in [0.25, 0.3) is 5.52 Å². The summed E-state index contributed by atoms with van der Waals surface area (Å²) in [5.41, 5.74) is 3.00. The molecule has 23 heavy (non-hydrogen) atoms. The summed E-state index contributed by atoms with van der Waals surface area (Å²) >= 11 is 0. The lowest BCUT2D eigenvalue weighted by atomic mass is 9.89. The molecule has 1 aliphatic rings. The fourth-order valence-electron chi connectivity index (χ4n) is 3.44. The Labute approximate surface area is 135 Å². The average molecular weight is 305 g/mol. The van der Waals surface area contributed by atoms with E-state index < -0.39 is 0 Å². The Balaban J connectivity index is 1.50. The van der Waals surface area contributed by atoms with E-state index in [9.17, 15) is 4.79 Å². The maximum absolute atomic E-state index is 12.8. The van der Waals surface area contributed by atoms with Crippen LogP contribution in [0.2, 0.25) is 0 Å². The zero-order chi connectivity index (χ0) is 15.6. The molecule has 0 saturated carbocycles. The van der Waals surface area contributed by atoms with E-state index in [-0.39, 0.29) is 5.91 Å². The quantitative estimate of drug-likeness (QED) is 0.728. The molecule has 1 aromatic carbocycles. The number of carbonyl (C=O) groups is 1. The highest BCUT2D eigenvalue weighted by Crippen LogP contribution is 2.28. The maximum atomic E-state index is 12.8. The number of likely N-dealkylation sites (tertiary alicyclic amines) is 1. The zero-order valence-electron chi connectivity index (χ0n) is 12.9. The fraction of sp³-hybridized carbons (Fsp3) is 0.263. The summed E-state index contributed by atoms with van der Waals surface area (Å²) in [6.45, 7) is 1.63. The molecule has 0 unspecified atom stereocenters. The SMILES string of the molecule is O=C(c1cccn2cncc12)N1CCC(c2ccccc2)CC1. The molecule has 1 saturated heterocycles. The van der Waals surface area contributed by atoms with Crippen LogP contribution in [0.1, 0.15) is 34.7 Å². The molecular formula is C19H19N3O. The van der Waals surface area contributed by atoms with Gasteiger partial charge in [0.15, 0.2) is 0 Å². The molecule has 116 valence electrons. The van der Waals surface area contributed by atoms with E-state index in [0.717, 1.165) is 37.0 Å². The summed E-state index contributed by atoms with van der Waals surface area (Å²) in [7, 11) is 0. The molecule has 4 heteroatoms. The van der Waals surface area contributed by atoms with Crippen LogP contribution < -0.4 is 0 Å². The van der Waals surface area contributed by atoms with Gasteiger partial charge in [-0.25, -0.2) is 4.98 Å². The lowest BCUT2D eigenvalue weighted by molar-refractivity contribution is 0.0714. The van der Waals surface area contributed by atoms with Gasteiger partial charge in [-0.2, -0.15) is 0 Å². The third-order valence-corrected chi connectivity index (χ3v) is 4.74. The van der Waals surface area contributed by atoms with E-state index in [4.69, 9.17) is 0 Å². The van der Waals surface area contributed by atoms with E-state index in [0.29, 0.717) is 5.92 Å². The summed E-state index contributed by atoms with van der Waals surface area (Å²) in [6, 6.07) is 14.4. The number of hydrogen-bond donors (Lipinski definition) is 0. The van der Waals surface area contributed by atoms with Crippen molar-refractivity contribution in [2.45, 2.75) is 18.8 Å². The first kappa shape index (κ1) is 14.0. The van der Waals surface area contributed by atoms with E-state index >= 15 is 0 Å². The van der Waals surface area contributed by atoms with Crippen molar-refractivity contribution in [2.24, 2.45) is 0 Å². The Morgan fingerprint density at radius 3 is 2.61 bits per heavy atom. The number of aromatic nitrogens is 2. The van der Waals surface area contributed by atoms with Gasteiger partial charge < -0.3 is 9.30 Å². The third-order valence-electron chi connectivity index (χ3n) is 4.74. The number of imidazole rings is 1. The Morgan fingerprint density at radius 2 is 1.83 bits per heavy atom. The summed E-state index contributed by atoms with van der Waals surface area (Å²) in [6.07, 6.45) is 7.45. The van der Waals surface area contributed by atoms with Crippen molar-refractivity contribution in [3.63, 3.8) is 0 Å². The summed E-state index contributed by atoms with van der Waals surface area (Å²) < 4.78 is 1.89. The topological polar surface area (TPSA) is 37.6 Å². The number of nitrogens with zero attached hydrogens (tertiary/aromatic N) is 3. The summed E-state index contributed by atoms with van der Waals surface area (Å²) in [4.78, 5) is 18.9. The highest BCUT2D eigenvalue weighted by Gasteiger charge is 2.25. The first-order chi connectivity index (χ1) is 11.3. The predicted octanol–water partition coefficient (Wildman–Crippen LogP) is 3.35. The summed E-state index contributed by atoms with van der Waals surface area (Å²) in [5, 5.41) is 0. The number of carbonyl (C=O) groups excluding carboxylic acids is 1. The molecule has 0 aliphatic carbocycles. The molecule has 2 aromatic heterocycles. The normalized spacial score (nSPS) is 15.9. The number of rotatable bonds is 2. The van der Waals surface area contributed by atoms with Crippen LogP contribution in [0, 0.1) is 0 Å². The highest BCUT2D eigenvalue weighted by atomic mass is 16.2. The van der Waals surface area contributed by atoms with Gasteiger partial charge in [0.25, 0.3) is 5.91 Å². The minimum absolute atomic E-state index is 0.114. The number of benzene rings is 1. The van der Waals surface area contributed by atoms with Gasteiger partial charge in [-0.15, -0.1) is 0 Å². The van der Waals surface area contributed by atoms with Crippen molar-refractivity contribution in [3.05, 3.63) is 72.3 Å². The van der Waals surface area contributed by atoms with Crippen LogP contribution in [0.3, 0.4) is 0 Å². The van der Waals surface area contributed by atoms with Crippen LogP contribution in [-0.2, 0) is 0 Å². The van der Waals surface area contributed by atoms with Crippen molar-refractivity contribution >= 4 is 11.4 Å². The molecule has 0 atom stereocenters. The Bertz CT molecular complexity index is 817. The van der Waals surface area contributed by atoms with Crippen LogP contribution in [0.5, 0.6) is 0 Å². The van der Waals surface area contributed by atoms with Crippen molar-refractivity contribution in [3.8, 4) is 0 Å². The molecule has 0 spiro atoms. The Morgan fingerprint density at radius 1 is 1.04 bits per heavy atom. The van der Waals surface area contributed by atoms with Crippen molar-refractivity contribution in [2.75, 3.05) is 13.1 Å². The molecule has 0 radical (unpaired) electrons. The zero-order valence-corrected chi connectivity index (χ0v) is 12.9. The van der Waals surface area contributed by atoms with Crippen LogP contribution in [0.15, 0.2) is 61.2 Å². The number of pyridine rings is 1. The van der Waals surface area contributed by atoms with Gasteiger partial charge in [-0.05, 0) is 36.5 Å². The second-order valence-electron chi connectivity index (χ2n) is 6.09. The molecule has 4 nitrogen and oxygen atoms in total. The Hall–Kier alpha value is -2.62. The van der Waals surface area contributed by atoms with E-state index in [2.05, 4.69) is 29.2 Å². The molecular weight excluding hydrogens is 286 g/mol. The van der Waals surface area contributed by atoms with Gasteiger partial charge in [0.05, 0.1) is 23.6 Å². The minimum Gasteiger partial charge on any atom is -0.339 e. The second-order valence-corrected chi connectivity index (χ2v) is 6.09. The van der Waals surface area contributed by atoms with Crippen molar-refractivity contribution in [1.82, 2.24) is 14.3 Å². The first-order valence-corrected chi connectivity index (χ1v) is 8.08. The molecule has 3 heterocycles. The second kappa shape index (κ2) is 5.88. The van der Waals surface area contributed by atoms with Gasteiger partial charge >= 0.3 is 0 Å². The number of amides is 1. The predicted molar refractivity (Wildman–Crippen MR) is 89.5 cm³/mol. The van der Waals surface area contributed by atoms with Gasteiger partial charge in [-0.1, -0.05) is 30.3 Å². The fourth-order valence-corrected chi connectivity index (χ4v) is 3.44. The van der Waals surface area contributed by atoms with Crippen LogP contribution in [0.4, 0.5) is 0 Å². The highest BCUT2D eigenvalue weighted by molar-refractivity contribution is 6.00. The van der Waals surface area contributed by atoms with E-state index in [1.54, 1.807) is 12.5 Å². The lowest BCUT2D eigenvalue weighted by Crippen LogP contribution is -2.38. The number of hydrogen-bond acceptors (Lipinski definition) is 2. The largest absolute Gasteiger partial charge is 0.339 e. The smallest absolute Gasteiger partial charge is 0.256 e. The van der Waals surface area contributed by atoms with Crippen LogP contribution >= 0.6 is 0 Å². The molecule has 1 fully saturated rings. The van der Waals surface area contributed by atoms with E-state index in [1.165, 1.54) is 5.56 Å². The first-order valence-electron chi connectivity index (χ1n) is 8.08. The van der Waals surface area contributed by atoms with Gasteiger partial charge in [0.2, 0.25) is 0 Å². The molecule has 1 aliphatic heterocycles. The minimum atomic E-state index is 0.114. The molecule has 3 aromatic rings. The van der Waals surface area contributed by atoms with Gasteiger partial charge in [0, 0.05) is 19.3 Å². The molecule has 0 bridgehead atoms. The van der Waals surface area contributed by atoms with Gasteiger partial charge in [0.1, 0.15) is 0 Å². The number of piperidine rings is 1.